The van der Waals surface area contributed by atoms with Crippen LogP contribution in [0.5, 0.6) is 5.75 Å². The smallest absolute Gasteiger partial charge is 0.124 e. The van der Waals surface area contributed by atoms with Crippen molar-refractivity contribution in [1.82, 2.24) is 9.47 Å². The highest BCUT2D eigenvalue weighted by Gasteiger charge is 2.29. The van der Waals surface area contributed by atoms with Crippen LogP contribution in [0.4, 0.5) is 0 Å². The Hall–Kier alpha value is -2.52. The Morgan fingerprint density at radius 1 is 0.923 bits per heavy atom. The maximum absolute atomic E-state index is 6.05. The van der Waals surface area contributed by atoms with Gasteiger partial charge in [-0.15, -0.1) is 0 Å². The summed E-state index contributed by atoms with van der Waals surface area (Å²) in [5.74, 6) is 0.996. The minimum absolute atomic E-state index is 0.180. The molecule has 1 unspecified atom stereocenters. The van der Waals surface area contributed by atoms with E-state index in [-0.39, 0.29) is 12.1 Å². The van der Waals surface area contributed by atoms with Gasteiger partial charge in [-0.05, 0) is 37.6 Å². The van der Waals surface area contributed by atoms with E-state index in [1.165, 1.54) is 16.8 Å². The molecular weight excluding hydrogens is 320 g/mol. The lowest BCUT2D eigenvalue weighted by Crippen LogP contribution is -2.38. The highest BCUT2D eigenvalue weighted by Crippen LogP contribution is 2.34. The van der Waals surface area contributed by atoms with Gasteiger partial charge in [0, 0.05) is 37.1 Å². The van der Waals surface area contributed by atoms with E-state index >= 15 is 0 Å². The summed E-state index contributed by atoms with van der Waals surface area (Å²) in [5.41, 5.74) is 3.96. The molecule has 1 aliphatic heterocycles. The van der Waals surface area contributed by atoms with Gasteiger partial charge in [-0.1, -0.05) is 48.5 Å². The molecule has 26 heavy (non-hydrogen) atoms. The van der Waals surface area contributed by atoms with Crippen molar-refractivity contribution >= 4 is 0 Å². The van der Waals surface area contributed by atoms with Crippen molar-refractivity contribution in [3.05, 3.63) is 89.7 Å². The van der Waals surface area contributed by atoms with E-state index in [1.807, 2.05) is 0 Å². The van der Waals surface area contributed by atoms with Gasteiger partial charge in [0.15, 0.2) is 0 Å². The van der Waals surface area contributed by atoms with Crippen LogP contribution in [0, 0.1) is 0 Å². The van der Waals surface area contributed by atoms with Crippen LogP contribution < -0.4 is 4.74 Å². The third-order valence-corrected chi connectivity index (χ3v) is 4.96. The maximum Gasteiger partial charge on any atom is 0.124 e. The second kappa shape index (κ2) is 7.38. The second-order valence-electron chi connectivity index (χ2n) is 7.18. The van der Waals surface area contributed by atoms with Gasteiger partial charge < -0.3 is 9.30 Å². The number of aromatic nitrogens is 1. The van der Waals surface area contributed by atoms with Gasteiger partial charge in [-0.2, -0.15) is 0 Å². The first-order valence-electron chi connectivity index (χ1n) is 9.41. The fourth-order valence-electron chi connectivity index (χ4n) is 3.84. The lowest BCUT2D eigenvalue weighted by Gasteiger charge is -2.37. The Balaban J connectivity index is 1.68. The zero-order valence-corrected chi connectivity index (χ0v) is 15.5. The summed E-state index contributed by atoms with van der Waals surface area (Å²) in [6.07, 6.45) is 2.37. The van der Waals surface area contributed by atoms with Crippen molar-refractivity contribution in [1.29, 1.82) is 0 Å². The fourth-order valence-corrected chi connectivity index (χ4v) is 3.84. The number of hydrogen-bond acceptors (Lipinski definition) is 2. The Kier molecular flexibility index (Phi) is 4.81. The molecule has 0 amide bonds. The number of fused-ring (bicyclic) bond motifs is 1. The van der Waals surface area contributed by atoms with Crippen LogP contribution in [-0.2, 0) is 13.1 Å². The van der Waals surface area contributed by atoms with Crippen LogP contribution in [0.2, 0.25) is 0 Å². The van der Waals surface area contributed by atoms with Gasteiger partial charge in [0.25, 0.3) is 0 Å². The number of benzene rings is 2. The van der Waals surface area contributed by atoms with Crippen molar-refractivity contribution in [2.45, 2.75) is 39.1 Å². The summed E-state index contributed by atoms with van der Waals surface area (Å²) < 4.78 is 8.43. The summed E-state index contributed by atoms with van der Waals surface area (Å²) in [6, 6.07) is 23.9. The van der Waals surface area contributed by atoms with Crippen LogP contribution in [0.15, 0.2) is 72.9 Å². The molecule has 134 valence electrons. The molecule has 0 aliphatic carbocycles. The van der Waals surface area contributed by atoms with Crippen molar-refractivity contribution in [3.63, 3.8) is 0 Å². The molecule has 1 aliphatic rings. The quantitative estimate of drug-likeness (QED) is 0.655. The van der Waals surface area contributed by atoms with Gasteiger partial charge in [0.2, 0.25) is 0 Å². The van der Waals surface area contributed by atoms with Crippen LogP contribution in [0.3, 0.4) is 0 Å². The van der Waals surface area contributed by atoms with Gasteiger partial charge in [-0.3, -0.25) is 4.90 Å². The Labute approximate surface area is 155 Å². The zero-order valence-electron chi connectivity index (χ0n) is 15.5. The van der Waals surface area contributed by atoms with Crippen LogP contribution >= 0.6 is 0 Å². The van der Waals surface area contributed by atoms with Gasteiger partial charge >= 0.3 is 0 Å². The predicted octanol–water partition coefficient (Wildman–Crippen LogP) is 4.88. The average molecular weight is 346 g/mol. The summed E-state index contributed by atoms with van der Waals surface area (Å²) in [4.78, 5) is 2.56. The van der Waals surface area contributed by atoms with E-state index in [0.717, 1.165) is 25.4 Å². The summed E-state index contributed by atoms with van der Waals surface area (Å²) in [7, 11) is 0. The fraction of sp³-hybridized carbons (Fsp3) is 0.304. The Morgan fingerprint density at radius 3 is 2.50 bits per heavy atom. The molecule has 3 aromatic rings. The third-order valence-electron chi connectivity index (χ3n) is 4.96. The summed E-state index contributed by atoms with van der Waals surface area (Å²) >= 11 is 0. The zero-order chi connectivity index (χ0) is 17.9. The molecule has 0 saturated heterocycles. The van der Waals surface area contributed by atoms with Crippen LogP contribution in [0.25, 0.3) is 0 Å². The highest BCUT2D eigenvalue weighted by molar-refractivity contribution is 5.35. The summed E-state index contributed by atoms with van der Waals surface area (Å²) in [5, 5.41) is 0. The predicted molar refractivity (Wildman–Crippen MR) is 105 cm³/mol. The second-order valence-corrected chi connectivity index (χ2v) is 7.18. The monoisotopic (exact) mass is 346 g/mol. The van der Waals surface area contributed by atoms with Crippen LogP contribution in [0.1, 0.15) is 36.7 Å². The van der Waals surface area contributed by atoms with E-state index in [1.54, 1.807) is 0 Å². The van der Waals surface area contributed by atoms with E-state index < -0.39 is 0 Å². The lowest BCUT2D eigenvalue weighted by atomic mass is 9.99. The molecule has 1 atom stereocenters. The number of para-hydroxylation sites is 1. The van der Waals surface area contributed by atoms with Gasteiger partial charge in [0.1, 0.15) is 5.75 Å². The number of ether oxygens (including phenoxy) is 1. The first kappa shape index (κ1) is 16.9. The number of nitrogens with zero attached hydrogens (tertiary/aromatic N) is 2. The van der Waals surface area contributed by atoms with Crippen molar-refractivity contribution in [3.8, 4) is 5.75 Å². The lowest BCUT2D eigenvalue weighted by molar-refractivity contribution is 0.169. The standard InChI is InChI=1S/C23H26N2O/c1-18(2)26-22-13-7-6-11-20(22)17-25-16-15-24-14-8-12-21(24)23(25)19-9-4-3-5-10-19/h3-14,18,23H,15-17H2,1-2H3. The largest absolute Gasteiger partial charge is 0.491 e. The van der Waals surface area contributed by atoms with Crippen molar-refractivity contribution in [2.24, 2.45) is 0 Å². The molecule has 2 heterocycles. The van der Waals surface area contributed by atoms with Gasteiger partial charge in [0.05, 0.1) is 12.1 Å². The SMILES string of the molecule is CC(C)Oc1ccccc1CN1CCn2cccc2C1c1ccccc1. The molecule has 0 N–H and O–H groups in total. The van der Waals surface area contributed by atoms with Crippen molar-refractivity contribution in [2.75, 3.05) is 6.54 Å². The van der Waals surface area contributed by atoms with Crippen molar-refractivity contribution < 1.29 is 4.74 Å². The topological polar surface area (TPSA) is 17.4 Å². The normalized spacial score (nSPS) is 17.3. The maximum atomic E-state index is 6.05. The van der Waals surface area contributed by atoms with E-state index in [2.05, 4.69) is 96.2 Å². The third kappa shape index (κ3) is 3.40. The molecule has 4 rings (SSSR count). The average Bonchev–Trinajstić information content (AvgIpc) is 3.12. The molecule has 0 fully saturated rings. The summed E-state index contributed by atoms with van der Waals surface area (Å²) in [6.45, 7) is 7.10. The van der Waals surface area contributed by atoms with Gasteiger partial charge in [-0.25, -0.2) is 0 Å². The molecule has 3 nitrogen and oxygen atoms in total. The number of rotatable bonds is 5. The Bertz CT molecular complexity index is 853. The molecule has 0 spiro atoms. The first-order valence-corrected chi connectivity index (χ1v) is 9.41. The highest BCUT2D eigenvalue weighted by atomic mass is 16.5. The Morgan fingerprint density at radius 2 is 1.69 bits per heavy atom. The molecule has 0 saturated carbocycles. The van der Waals surface area contributed by atoms with E-state index in [0.29, 0.717) is 0 Å². The molecule has 3 heteroatoms. The molecule has 1 aromatic heterocycles. The molecular formula is C23H26N2O. The number of hydrogen-bond donors (Lipinski definition) is 0. The minimum atomic E-state index is 0.180. The molecule has 2 aromatic carbocycles. The molecule has 0 bridgehead atoms. The van der Waals surface area contributed by atoms with E-state index in [4.69, 9.17) is 4.74 Å². The molecule has 0 radical (unpaired) electrons. The van der Waals surface area contributed by atoms with E-state index in [9.17, 15) is 0 Å². The minimum Gasteiger partial charge on any atom is -0.491 e. The first-order chi connectivity index (χ1) is 12.7. The van der Waals surface area contributed by atoms with Crippen LogP contribution in [-0.4, -0.2) is 22.1 Å².